The monoisotopic (exact) mass is 330 g/mol. The Morgan fingerprint density at radius 2 is 2.08 bits per heavy atom. The molecule has 4 heteroatoms. The Hall–Kier alpha value is -2.22. The molecule has 3 rings (SSSR count). The zero-order chi connectivity index (χ0) is 22.2. The summed E-state index contributed by atoms with van der Waals surface area (Å²) >= 11 is 0. The van der Waals surface area contributed by atoms with E-state index in [4.69, 9.17) is 18.2 Å². The van der Waals surface area contributed by atoms with Gasteiger partial charge in [-0.15, -0.1) is 0 Å². The second-order valence-corrected chi connectivity index (χ2v) is 5.86. The summed E-state index contributed by atoms with van der Waals surface area (Å²) in [6.07, 6.45) is 0.508. The highest BCUT2D eigenvalue weighted by molar-refractivity contribution is 5.47. The van der Waals surface area contributed by atoms with Gasteiger partial charge in [0.05, 0.1) is 18.2 Å². The molecule has 0 aliphatic carbocycles. The highest BCUT2D eigenvalue weighted by atomic mass is 19.1. The summed E-state index contributed by atoms with van der Waals surface area (Å²) in [6.45, 7) is -5.47. The molecule has 0 fully saturated rings. The van der Waals surface area contributed by atoms with Crippen molar-refractivity contribution in [3.05, 3.63) is 70.5 Å². The number of nitriles is 1. The van der Waals surface area contributed by atoms with E-state index in [1.54, 1.807) is 30.3 Å². The van der Waals surface area contributed by atoms with Gasteiger partial charge in [-0.1, -0.05) is 18.2 Å². The van der Waals surface area contributed by atoms with Gasteiger partial charge in [-0.05, 0) is 74.3 Å². The summed E-state index contributed by atoms with van der Waals surface area (Å²) in [6, 6.07) is 13.1. The topological polar surface area (TPSA) is 36.3 Å². The second-order valence-electron chi connectivity index (χ2n) is 5.86. The van der Waals surface area contributed by atoms with Crippen molar-refractivity contribution >= 4 is 0 Å². The third-order valence-corrected chi connectivity index (χ3v) is 4.36. The van der Waals surface area contributed by atoms with E-state index in [-0.39, 0.29) is 19.6 Å². The SMILES string of the molecule is [2H]C([2H])([2H])N(CCC[C@]1(c2ccc(F)cc2)OCc2cc(C#N)ccc21)C([2H])([2H])[2H]. The maximum Gasteiger partial charge on any atom is 0.123 e. The molecule has 124 valence electrons. The summed E-state index contributed by atoms with van der Waals surface area (Å²) in [7, 11) is 0. The van der Waals surface area contributed by atoms with Crippen LogP contribution in [0.25, 0.3) is 0 Å². The Morgan fingerprint density at radius 3 is 2.79 bits per heavy atom. The standard InChI is InChI=1S/C20H21FN2O/c1-23(2)11-3-10-20(17-5-7-18(21)8-6-17)19-9-4-15(13-22)12-16(19)14-24-20/h4-9,12H,3,10-11,14H2,1-2H3/t20-/m1/s1/i1D3,2D3. The third-order valence-electron chi connectivity index (χ3n) is 4.36. The van der Waals surface area contributed by atoms with Crippen molar-refractivity contribution in [1.82, 2.24) is 4.90 Å². The smallest absolute Gasteiger partial charge is 0.123 e. The number of rotatable bonds is 5. The van der Waals surface area contributed by atoms with Gasteiger partial charge in [0.25, 0.3) is 0 Å². The highest BCUT2D eigenvalue weighted by Crippen LogP contribution is 2.45. The second kappa shape index (κ2) is 6.72. The average molecular weight is 330 g/mol. The summed E-state index contributed by atoms with van der Waals surface area (Å²) in [4.78, 5) is 0.521. The van der Waals surface area contributed by atoms with Gasteiger partial charge in [-0.2, -0.15) is 5.26 Å². The van der Waals surface area contributed by atoms with Crippen molar-refractivity contribution < 1.29 is 17.4 Å². The van der Waals surface area contributed by atoms with E-state index in [0.29, 0.717) is 22.4 Å². The number of hydrogen-bond donors (Lipinski definition) is 0. The fraction of sp³-hybridized carbons (Fsp3) is 0.350. The van der Waals surface area contributed by atoms with Crippen LogP contribution in [0.3, 0.4) is 0 Å². The average Bonchev–Trinajstić information content (AvgIpc) is 3.02. The molecule has 0 bridgehead atoms. The van der Waals surface area contributed by atoms with Gasteiger partial charge < -0.3 is 9.64 Å². The Kier molecular flexibility index (Phi) is 2.97. The van der Waals surface area contributed by atoms with Crippen LogP contribution in [-0.2, 0) is 16.9 Å². The molecule has 0 unspecified atom stereocenters. The van der Waals surface area contributed by atoms with Crippen LogP contribution in [0.15, 0.2) is 42.5 Å². The van der Waals surface area contributed by atoms with Crippen molar-refractivity contribution in [1.29, 1.82) is 5.26 Å². The Bertz CT molecular complexity index is 938. The summed E-state index contributed by atoms with van der Waals surface area (Å²) < 4.78 is 64.8. The van der Waals surface area contributed by atoms with Gasteiger partial charge in [0.15, 0.2) is 0 Å². The van der Waals surface area contributed by atoms with Gasteiger partial charge in [-0.3, -0.25) is 0 Å². The molecule has 24 heavy (non-hydrogen) atoms. The number of ether oxygens (including phenoxy) is 1. The van der Waals surface area contributed by atoms with E-state index in [9.17, 15) is 4.39 Å². The van der Waals surface area contributed by atoms with Crippen LogP contribution in [0.2, 0.25) is 0 Å². The zero-order valence-electron chi connectivity index (χ0n) is 19.1. The molecule has 1 aliphatic heterocycles. The van der Waals surface area contributed by atoms with E-state index in [2.05, 4.69) is 6.07 Å². The van der Waals surface area contributed by atoms with Gasteiger partial charge >= 0.3 is 0 Å². The summed E-state index contributed by atoms with van der Waals surface area (Å²) in [5.41, 5.74) is 1.82. The molecule has 1 heterocycles. The Balaban J connectivity index is 1.94. The molecule has 0 aromatic heterocycles. The molecule has 0 amide bonds. The van der Waals surface area contributed by atoms with E-state index in [1.165, 1.54) is 12.1 Å². The number of fused-ring (bicyclic) bond motifs is 1. The molecule has 1 atom stereocenters. The molecule has 0 saturated carbocycles. The van der Waals surface area contributed by atoms with E-state index in [0.717, 1.165) is 11.1 Å². The van der Waals surface area contributed by atoms with Crippen molar-refractivity contribution in [2.45, 2.75) is 25.0 Å². The predicted octanol–water partition coefficient (Wildman–Crippen LogP) is 3.81. The van der Waals surface area contributed by atoms with Crippen LogP contribution in [0.4, 0.5) is 4.39 Å². The molecule has 0 radical (unpaired) electrons. The molecule has 0 N–H and O–H groups in total. The fourth-order valence-corrected chi connectivity index (χ4v) is 3.25. The lowest BCUT2D eigenvalue weighted by Crippen LogP contribution is -2.28. The quantitative estimate of drug-likeness (QED) is 0.836. The number of hydrogen-bond acceptors (Lipinski definition) is 3. The van der Waals surface area contributed by atoms with E-state index >= 15 is 0 Å². The molecular weight excluding hydrogens is 303 g/mol. The van der Waals surface area contributed by atoms with Crippen LogP contribution in [0, 0.1) is 17.1 Å². The number of halogens is 1. The minimum atomic E-state index is -2.76. The van der Waals surface area contributed by atoms with Gasteiger partial charge in [0.2, 0.25) is 0 Å². The highest BCUT2D eigenvalue weighted by Gasteiger charge is 2.41. The molecule has 3 nitrogen and oxygen atoms in total. The minimum absolute atomic E-state index is 0.190. The maximum absolute atomic E-state index is 13.5. The predicted molar refractivity (Wildman–Crippen MR) is 90.9 cm³/mol. The van der Waals surface area contributed by atoms with Gasteiger partial charge in [-0.25, -0.2) is 4.39 Å². The third kappa shape index (κ3) is 3.06. The first kappa shape index (κ1) is 10.6. The number of nitrogens with zero attached hydrogens (tertiary/aromatic N) is 2. The summed E-state index contributed by atoms with van der Waals surface area (Å²) in [5.74, 6) is -0.400. The maximum atomic E-state index is 13.5. The Labute approximate surface area is 150 Å². The Morgan fingerprint density at radius 1 is 1.29 bits per heavy atom. The van der Waals surface area contributed by atoms with Crippen molar-refractivity contribution in [3.8, 4) is 6.07 Å². The van der Waals surface area contributed by atoms with Crippen LogP contribution in [-0.4, -0.2) is 25.4 Å². The van der Waals surface area contributed by atoms with Crippen molar-refractivity contribution in [2.24, 2.45) is 0 Å². The lowest BCUT2D eigenvalue weighted by Gasteiger charge is -2.31. The fourth-order valence-electron chi connectivity index (χ4n) is 3.25. The largest absolute Gasteiger partial charge is 0.361 e. The van der Waals surface area contributed by atoms with E-state index < -0.39 is 25.4 Å². The number of benzene rings is 2. The first-order valence-corrected chi connectivity index (χ1v) is 7.69. The lowest BCUT2D eigenvalue weighted by atomic mass is 9.81. The molecule has 0 spiro atoms. The molecule has 1 aliphatic rings. The molecular formula is C20H21FN2O. The van der Waals surface area contributed by atoms with Crippen molar-refractivity contribution in [2.75, 3.05) is 20.5 Å². The first-order chi connectivity index (χ1) is 14.0. The molecule has 0 saturated heterocycles. The van der Waals surface area contributed by atoms with E-state index in [1.807, 2.05) is 0 Å². The van der Waals surface area contributed by atoms with Crippen LogP contribution < -0.4 is 0 Å². The normalized spacial score (nSPS) is 24.0. The van der Waals surface area contributed by atoms with Crippen LogP contribution in [0.1, 0.15) is 43.3 Å². The summed E-state index contributed by atoms with van der Waals surface area (Å²) in [5, 5.41) is 9.16. The van der Waals surface area contributed by atoms with Gasteiger partial charge in [0, 0.05) is 8.22 Å². The zero-order valence-corrected chi connectivity index (χ0v) is 13.1. The van der Waals surface area contributed by atoms with Crippen LogP contribution >= 0.6 is 0 Å². The molecule has 2 aromatic carbocycles. The van der Waals surface area contributed by atoms with Gasteiger partial charge in [0.1, 0.15) is 11.4 Å². The molecule has 2 aromatic rings. The van der Waals surface area contributed by atoms with Crippen LogP contribution in [0.5, 0.6) is 0 Å². The van der Waals surface area contributed by atoms with Crippen molar-refractivity contribution in [3.63, 3.8) is 0 Å². The first-order valence-electron chi connectivity index (χ1n) is 10.7. The minimum Gasteiger partial charge on any atom is -0.361 e. The lowest BCUT2D eigenvalue weighted by molar-refractivity contribution is -0.0140.